The second-order valence-electron chi connectivity index (χ2n) is 4.12. The average Bonchev–Trinajstić information content (AvgIpc) is 2.12. The molecule has 0 aliphatic rings. The third-order valence-corrected chi connectivity index (χ3v) is 2.06. The van der Waals surface area contributed by atoms with Crippen LogP contribution in [-0.2, 0) is 11.2 Å². The Balaban J connectivity index is 2.52. The SMILES string of the molecule is CC(C)OCC(N)Cc1cc(F)cc(F)c1. The summed E-state index contributed by atoms with van der Waals surface area (Å²) < 4.78 is 31.1. The molecule has 0 fully saturated rings. The van der Waals surface area contributed by atoms with Crippen LogP contribution in [0.1, 0.15) is 19.4 Å². The van der Waals surface area contributed by atoms with Crippen molar-refractivity contribution in [3.63, 3.8) is 0 Å². The Kier molecular flexibility index (Phi) is 4.83. The van der Waals surface area contributed by atoms with Crippen molar-refractivity contribution >= 4 is 0 Å². The van der Waals surface area contributed by atoms with Crippen LogP contribution in [0.4, 0.5) is 8.78 Å². The quantitative estimate of drug-likeness (QED) is 0.840. The highest BCUT2D eigenvalue weighted by molar-refractivity contribution is 5.18. The number of ether oxygens (including phenoxy) is 1. The van der Waals surface area contributed by atoms with E-state index in [-0.39, 0.29) is 12.1 Å². The van der Waals surface area contributed by atoms with E-state index >= 15 is 0 Å². The third kappa shape index (κ3) is 4.68. The van der Waals surface area contributed by atoms with Gasteiger partial charge in [0.05, 0.1) is 12.7 Å². The van der Waals surface area contributed by atoms with E-state index in [0.717, 1.165) is 6.07 Å². The van der Waals surface area contributed by atoms with Gasteiger partial charge in [0.15, 0.2) is 0 Å². The Morgan fingerprint density at radius 1 is 1.19 bits per heavy atom. The molecule has 1 rings (SSSR count). The first-order chi connectivity index (χ1) is 7.47. The van der Waals surface area contributed by atoms with E-state index in [2.05, 4.69) is 0 Å². The van der Waals surface area contributed by atoms with E-state index in [9.17, 15) is 8.78 Å². The Hall–Kier alpha value is -1.00. The molecule has 0 amide bonds. The summed E-state index contributed by atoms with van der Waals surface area (Å²) >= 11 is 0. The summed E-state index contributed by atoms with van der Waals surface area (Å²) in [5.41, 5.74) is 6.34. The molecule has 0 aromatic heterocycles. The zero-order chi connectivity index (χ0) is 12.1. The molecule has 0 aliphatic heterocycles. The molecule has 0 saturated carbocycles. The van der Waals surface area contributed by atoms with Gasteiger partial charge in [-0.05, 0) is 38.0 Å². The van der Waals surface area contributed by atoms with Crippen molar-refractivity contribution in [3.05, 3.63) is 35.4 Å². The molecular weight excluding hydrogens is 212 g/mol. The molecule has 1 atom stereocenters. The van der Waals surface area contributed by atoms with Crippen LogP contribution in [-0.4, -0.2) is 18.8 Å². The first-order valence-corrected chi connectivity index (χ1v) is 5.29. The van der Waals surface area contributed by atoms with E-state index in [0.29, 0.717) is 18.6 Å². The van der Waals surface area contributed by atoms with Crippen LogP contribution in [0.15, 0.2) is 18.2 Å². The maximum absolute atomic E-state index is 12.9. The van der Waals surface area contributed by atoms with Crippen molar-refractivity contribution in [1.29, 1.82) is 0 Å². The lowest BCUT2D eigenvalue weighted by molar-refractivity contribution is 0.0684. The van der Waals surface area contributed by atoms with Crippen LogP contribution in [0.3, 0.4) is 0 Å². The predicted octanol–water partition coefficient (Wildman–Crippen LogP) is 2.26. The second-order valence-corrected chi connectivity index (χ2v) is 4.12. The Bertz CT molecular complexity index is 322. The van der Waals surface area contributed by atoms with Crippen LogP contribution in [0, 0.1) is 11.6 Å². The molecule has 2 N–H and O–H groups in total. The van der Waals surface area contributed by atoms with Gasteiger partial charge in [-0.15, -0.1) is 0 Å². The van der Waals surface area contributed by atoms with Crippen molar-refractivity contribution in [3.8, 4) is 0 Å². The van der Waals surface area contributed by atoms with E-state index in [4.69, 9.17) is 10.5 Å². The number of hydrogen-bond acceptors (Lipinski definition) is 2. The minimum Gasteiger partial charge on any atom is -0.377 e. The monoisotopic (exact) mass is 229 g/mol. The number of hydrogen-bond donors (Lipinski definition) is 1. The van der Waals surface area contributed by atoms with Gasteiger partial charge in [-0.2, -0.15) is 0 Å². The van der Waals surface area contributed by atoms with Gasteiger partial charge in [-0.25, -0.2) is 8.78 Å². The molecule has 1 aromatic carbocycles. The Morgan fingerprint density at radius 2 is 1.75 bits per heavy atom. The van der Waals surface area contributed by atoms with Crippen molar-refractivity contribution in [2.24, 2.45) is 5.73 Å². The van der Waals surface area contributed by atoms with Gasteiger partial charge in [0.25, 0.3) is 0 Å². The highest BCUT2D eigenvalue weighted by Gasteiger charge is 2.08. The van der Waals surface area contributed by atoms with Gasteiger partial charge < -0.3 is 10.5 Å². The predicted molar refractivity (Wildman–Crippen MR) is 59.1 cm³/mol. The molecule has 1 aromatic rings. The van der Waals surface area contributed by atoms with E-state index in [1.165, 1.54) is 12.1 Å². The lowest BCUT2D eigenvalue weighted by atomic mass is 10.1. The number of benzene rings is 1. The topological polar surface area (TPSA) is 35.2 Å². The zero-order valence-corrected chi connectivity index (χ0v) is 9.54. The standard InChI is InChI=1S/C12H17F2NO/c1-8(2)16-7-12(15)5-9-3-10(13)6-11(14)4-9/h3-4,6,8,12H,5,7,15H2,1-2H3. The summed E-state index contributed by atoms with van der Waals surface area (Å²) in [7, 11) is 0. The molecule has 0 spiro atoms. The summed E-state index contributed by atoms with van der Waals surface area (Å²) in [6.45, 7) is 4.21. The van der Waals surface area contributed by atoms with Gasteiger partial charge >= 0.3 is 0 Å². The minimum atomic E-state index is -0.577. The summed E-state index contributed by atoms with van der Waals surface area (Å²) in [5, 5.41) is 0. The molecule has 2 nitrogen and oxygen atoms in total. The average molecular weight is 229 g/mol. The first kappa shape index (κ1) is 13.1. The van der Waals surface area contributed by atoms with Gasteiger partial charge in [-0.1, -0.05) is 0 Å². The molecule has 90 valence electrons. The van der Waals surface area contributed by atoms with Crippen LogP contribution in [0.5, 0.6) is 0 Å². The van der Waals surface area contributed by atoms with Crippen molar-refractivity contribution in [1.82, 2.24) is 0 Å². The normalized spacial score (nSPS) is 13.1. The summed E-state index contributed by atoms with van der Waals surface area (Å²) in [4.78, 5) is 0. The summed E-state index contributed by atoms with van der Waals surface area (Å²) in [6.07, 6.45) is 0.511. The van der Waals surface area contributed by atoms with Crippen molar-refractivity contribution in [2.45, 2.75) is 32.4 Å². The van der Waals surface area contributed by atoms with Gasteiger partial charge in [0.2, 0.25) is 0 Å². The van der Waals surface area contributed by atoms with E-state index in [1.807, 2.05) is 13.8 Å². The maximum Gasteiger partial charge on any atom is 0.126 e. The van der Waals surface area contributed by atoms with Crippen LogP contribution in [0.2, 0.25) is 0 Å². The molecule has 0 saturated heterocycles. The summed E-state index contributed by atoms with van der Waals surface area (Å²) in [6, 6.07) is 3.18. The Labute approximate surface area is 94.4 Å². The van der Waals surface area contributed by atoms with Crippen LogP contribution in [0.25, 0.3) is 0 Å². The third-order valence-electron chi connectivity index (χ3n) is 2.06. The number of rotatable bonds is 5. The van der Waals surface area contributed by atoms with Crippen molar-refractivity contribution in [2.75, 3.05) is 6.61 Å². The molecule has 0 heterocycles. The smallest absolute Gasteiger partial charge is 0.126 e. The van der Waals surface area contributed by atoms with E-state index in [1.54, 1.807) is 0 Å². The van der Waals surface area contributed by atoms with Crippen molar-refractivity contribution < 1.29 is 13.5 Å². The molecule has 0 bridgehead atoms. The number of nitrogens with two attached hydrogens (primary N) is 1. The molecule has 0 radical (unpaired) electrons. The van der Waals surface area contributed by atoms with Gasteiger partial charge in [0, 0.05) is 12.1 Å². The molecular formula is C12H17F2NO. The molecule has 0 aliphatic carbocycles. The molecule has 1 unspecified atom stereocenters. The van der Waals surface area contributed by atoms with Crippen LogP contribution < -0.4 is 5.73 Å². The van der Waals surface area contributed by atoms with E-state index < -0.39 is 11.6 Å². The zero-order valence-electron chi connectivity index (χ0n) is 9.54. The highest BCUT2D eigenvalue weighted by atomic mass is 19.1. The number of halogens is 2. The minimum absolute atomic E-state index is 0.107. The Morgan fingerprint density at radius 3 is 2.25 bits per heavy atom. The second kappa shape index (κ2) is 5.92. The van der Waals surface area contributed by atoms with Crippen LogP contribution >= 0.6 is 0 Å². The molecule has 4 heteroatoms. The lowest BCUT2D eigenvalue weighted by Crippen LogP contribution is -2.30. The first-order valence-electron chi connectivity index (χ1n) is 5.29. The fourth-order valence-electron chi connectivity index (χ4n) is 1.41. The summed E-state index contributed by atoms with van der Waals surface area (Å²) in [5.74, 6) is -1.15. The fourth-order valence-corrected chi connectivity index (χ4v) is 1.41. The maximum atomic E-state index is 12.9. The largest absolute Gasteiger partial charge is 0.377 e. The highest BCUT2D eigenvalue weighted by Crippen LogP contribution is 2.09. The lowest BCUT2D eigenvalue weighted by Gasteiger charge is -2.14. The fraction of sp³-hybridized carbons (Fsp3) is 0.500. The van der Waals surface area contributed by atoms with Gasteiger partial charge in [-0.3, -0.25) is 0 Å². The molecule has 16 heavy (non-hydrogen) atoms. The van der Waals surface area contributed by atoms with Gasteiger partial charge in [0.1, 0.15) is 11.6 Å².